The lowest BCUT2D eigenvalue weighted by Crippen LogP contribution is -2.23. The van der Waals surface area contributed by atoms with Crippen molar-refractivity contribution in [1.29, 1.82) is 0 Å². The summed E-state index contributed by atoms with van der Waals surface area (Å²) >= 11 is 0. The lowest BCUT2D eigenvalue weighted by atomic mass is 9.79. The van der Waals surface area contributed by atoms with Crippen LogP contribution in [0.4, 0.5) is 26.3 Å². The number of allylic oxidation sites excluding steroid dienone is 1. The molecule has 1 unspecified atom stereocenters. The van der Waals surface area contributed by atoms with Crippen LogP contribution >= 0.6 is 0 Å². The summed E-state index contributed by atoms with van der Waals surface area (Å²) in [4.78, 5) is 12.8. The molecule has 5 nitrogen and oxygen atoms in total. The summed E-state index contributed by atoms with van der Waals surface area (Å²) < 4.78 is 84.6. The van der Waals surface area contributed by atoms with Gasteiger partial charge in [0.15, 0.2) is 0 Å². The lowest BCUT2D eigenvalue weighted by molar-refractivity contribution is -0.139. The Morgan fingerprint density at radius 2 is 1.51 bits per heavy atom. The quantitative estimate of drug-likeness (QED) is 0.330. The van der Waals surface area contributed by atoms with Crippen LogP contribution < -0.4 is 0 Å². The van der Waals surface area contributed by atoms with E-state index in [2.05, 4.69) is 10.3 Å². The number of aromatic nitrogens is 3. The van der Waals surface area contributed by atoms with E-state index in [4.69, 9.17) is 4.74 Å². The molecule has 3 aromatic rings. The van der Waals surface area contributed by atoms with Gasteiger partial charge in [-0.2, -0.15) is 26.3 Å². The fourth-order valence-electron chi connectivity index (χ4n) is 4.15. The van der Waals surface area contributed by atoms with E-state index >= 15 is 0 Å². The Morgan fingerprint density at radius 1 is 0.971 bits per heavy atom. The molecule has 0 aliphatic heterocycles. The SMILES string of the molecule is CCOC(=O)C1=C(C)c2nnn(-c3ccc(C(F)(F)F)cc3)c2CC1c1ccc(C(F)(F)F)cc1. The monoisotopic (exact) mass is 495 g/mol. The van der Waals surface area contributed by atoms with Gasteiger partial charge in [0.1, 0.15) is 5.69 Å². The molecule has 0 radical (unpaired) electrons. The first-order valence-electron chi connectivity index (χ1n) is 10.6. The summed E-state index contributed by atoms with van der Waals surface area (Å²) in [5.74, 6) is -1.29. The minimum Gasteiger partial charge on any atom is -0.463 e. The molecule has 1 aliphatic carbocycles. The van der Waals surface area contributed by atoms with Gasteiger partial charge in [-0.15, -0.1) is 5.10 Å². The van der Waals surface area contributed by atoms with Gasteiger partial charge in [-0.1, -0.05) is 17.3 Å². The van der Waals surface area contributed by atoms with E-state index in [0.29, 0.717) is 28.2 Å². The van der Waals surface area contributed by atoms with Crippen LogP contribution in [0, 0.1) is 0 Å². The molecule has 0 fully saturated rings. The van der Waals surface area contributed by atoms with Crippen molar-refractivity contribution in [2.24, 2.45) is 0 Å². The van der Waals surface area contributed by atoms with Crippen molar-refractivity contribution in [3.8, 4) is 5.69 Å². The number of rotatable bonds is 4. The minimum atomic E-state index is -4.51. The Hall–Kier alpha value is -3.63. The van der Waals surface area contributed by atoms with Gasteiger partial charge in [-0.05, 0) is 61.4 Å². The molecule has 0 saturated heterocycles. The highest BCUT2D eigenvalue weighted by atomic mass is 19.4. The van der Waals surface area contributed by atoms with Crippen LogP contribution in [0.1, 0.15) is 47.8 Å². The molecule has 4 rings (SSSR count). The van der Waals surface area contributed by atoms with Gasteiger partial charge in [-0.3, -0.25) is 0 Å². The van der Waals surface area contributed by atoms with Gasteiger partial charge in [0.05, 0.1) is 34.7 Å². The van der Waals surface area contributed by atoms with Crippen LogP contribution in [0.15, 0.2) is 54.1 Å². The zero-order valence-corrected chi connectivity index (χ0v) is 18.5. The van der Waals surface area contributed by atoms with Crippen molar-refractivity contribution < 1.29 is 35.9 Å². The van der Waals surface area contributed by atoms with Crippen LogP contribution in [0.5, 0.6) is 0 Å². The standard InChI is InChI=1S/C24H19F6N3O2/c1-3-35-22(34)20-13(2)21-19(12-18(20)14-4-6-15(7-5-14)23(25,26)27)33(32-31-21)17-10-8-16(9-11-17)24(28,29)30/h4-11,18H,3,12H2,1-2H3. The number of esters is 1. The first kappa shape index (κ1) is 24.5. The number of nitrogens with zero attached hydrogens (tertiary/aromatic N) is 3. The first-order valence-corrected chi connectivity index (χ1v) is 10.6. The molecule has 1 aromatic heterocycles. The maximum Gasteiger partial charge on any atom is 0.416 e. The molecule has 35 heavy (non-hydrogen) atoms. The molecule has 0 saturated carbocycles. The highest BCUT2D eigenvalue weighted by Gasteiger charge is 2.37. The van der Waals surface area contributed by atoms with Crippen molar-refractivity contribution in [3.05, 3.63) is 82.2 Å². The average molecular weight is 495 g/mol. The molecule has 1 atom stereocenters. The molecular formula is C24H19F6N3O2. The van der Waals surface area contributed by atoms with E-state index in [1.165, 1.54) is 28.9 Å². The third kappa shape index (κ3) is 4.67. The number of hydrogen-bond acceptors (Lipinski definition) is 4. The van der Waals surface area contributed by atoms with Gasteiger partial charge in [0.25, 0.3) is 0 Å². The predicted octanol–water partition coefficient (Wildman–Crippen LogP) is 5.98. The van der Waals surface area contributed by atoms with Gasteiger partial charge < -0.3 is 4.74 Å². The van der Waals surface area contributed by atoms with Crippen molar-refractivity contribution in [2.75, 3.05) is 6.61 Å². The molecule has 11 heteroatoms. The number of carbonyl (C=O) groups is 1. The molecule has 1 heterocycles. The smallest absolute Gasteiger partial charge is 0.416 e. The van der Waals surface area contributed by atoms with Crippen LogP contribution in [0.2, 0.25) is 0 Å². The largest absolute Gasteiger partial charge is 0.463 e. The highest BCUT2D eigenvalue weighted by molar-refractivity contribution is 5.99. The zero-order valence-electron chi connectivity index (χ0n) is 18.5. The summed E-state index contributed by atoms with van der Waals surface area (Å²) in [6, 6.07) is 8.84. The summed E-state index contributed by atoms with van der Waals surface area (Å²) in [7, 11) is 0. The lowest BCUT2D eigenvalue weighted by Gasteiger charge is -2.27. The number of halogens is 6. The van der Waals surface area contributed by atoms with E-state index in [1.807, 2.05) is 0 Å². The Morgan fingerprint density at radius 3 is 2.03 bits per heavy atom. The predicted molar refractivity (Wildman–Crippen MR) is 113 cm³/mol. The second-order valence-corrected chi connectivity index (χ2v) is 7.98. The van der Waals surface area contributed by atoms with Crippen molar-refractivity contribution in [3.63, 3.8) is 0 Å². The van der Waals surface area contributed by atoms with E-state index in [0.717, 1.165) is 24.3 Å². The number of fused-ring (bicyclic) bond motifs is 1. The second kappa shape index (κ2) is 8.86. The Labute approximate surface area is 196 Å². The van der Waals surface area contributed by atoms with Crippen molar-refractivity contribution >= 4 is 11.5 Å². The highest BCUT2D eigenvalue weighted by Crippen LogP contribution is 2.41. The third-order valence-corrected chi connectivity index (χ3v) is 5.84. The number of benzene rings is 2. The summed E-state index contributed by atoms with van der Waals surface area (Å²) in [5, 5.41) is 8.20. The molecule has 1 aliphatic rings. The maximum absolute atomic E-state index is 13.1. The van der Waals surface area contributed by atoms with E-state index in [1.54, 1.807) is 13.8 Å². The van der Waals surface area contributed by atoms with E-state index < -0.39 is 35.4 Å². The van der Waals surface area contributed by atoms with Gasteiger partial charge in [-0.25, -0.2) is 9.48 Å². The molecule has 184 valence electrons. The topological polar surface area (TPSA) is 57.0 Å². The fraction of sp³-hybridized carbons (Fsp3) is 0.292. The zero-order chi connectivity index (χ0) is 25.5. The summed E-state index contributed by atoms with van der Waals surface area (Å²) in [5.41, 5.74) is 0.699. The summed E-state index contributed by atoms with van der Waals surface area (Å²) in [6.45, 7) is 3.36. The summed E-state index contributed by atoms with van der Waals surface area (Å²) in [6.07, 6.45) is -8.89. The average Bonchev–Trinajstić information content (AvgIpc) is 3.22. The Kier molecular flexibility index (Phi) is 6.20. The van der Waals surface area contributed by atoms with Crippen LogP contribution in [0.3, 0.4) is 0 Å². The molecule has 0 bridgehead atoms. The van der Waals surface area contributed by atoms with E-state index in [9.17, 15) is 31.1 Å². The molecule has 0 N–H and O–H groups in total. The number of ether oxygens (including phenoxy) is 1. The molecule has 0 spiro atoms. The third-order valence-electron chi connectivity index (χ3n) is 5.84. The normalized spacial score (nSPS) is 16.3. The molecule has 2 aromatic carbocycles. The molecule has 0 amide bonds. The van der Waals surface area contributed by atoms with Gasteiger partial charge in [0.2, 0.25) is 0 Å². The first-order chi connectivity index (χ1) is 16.4. The Bertz CT molecular complexity index is 1270. The van der Waals surface area contributed by atoms with Crippen LogP contribution in [0.25, 0.3) is 11.3 Å². The Balaban J connectivity index is 1.80. The fourth-order valence-corrected chi connectivity index (χ4v) is 4.15. The van der Waals surface area contributed by atoms with Gasteiger partial charge in [0, 0.05) is 12.3 Å². The maximum atomic E-state index is 13.1. The van der Waals surface area contributed by atoms with Crippen LogP contribution in [-0.4, -0.2) is 27.6 Å². The van der Waals surface area contributed by atoms with Crippen molar-refractivity contribution in [2.45, 2.75) is 38.5 Å². The van der Waals surface area contributed by atoms with Gasteiger partial charge >= 0.3 is 18.3 Å². The van der Waals surface area contributed by atoms with E-state index in [-0.39, 0.29) is 18.6 Å². The van der Waals surface area contributed by atoms with Crippen molar-refractivity contribution in [1.82, 2.24) is 15.0 Å². The number of hydrogen-bond donors (Lipinski definition) is 0. The van der Waals surface area contributed by atoms with Crippen LogP contribution in [-0.2, 0) is 28.3 Å². The molecular weight excluding hydrogens is 476 g/mol. The minimum absolute atomic E-state index is 0.0977. The second-order valence-electron chi connectivity index (χ2n) is 7.98. The number of carbonyl (C=O) groups excluding carboxylic acids is 1. The number of alkyl halides is 6.